The fourth-order valence-electron chi connectivity index (χ4n) is 3.53. The molecule has 2 aromatic carbocycles. The van der Waals surface area contributed by atoms with E-state index < -0.39 is 9.84 Å². The highest BCUT2D eigenvalue weighted by Crippen LogP contribution is 2.36. The van der Waals surface area contributed by atoms with Crippen LogP contribution in [0.2, 0.25) is 5.02 Å². The molecule has 0 atom stereocenters. The first-order chi connectivity index (χ1) is 13.5. The molecule has 0 saturated heterocycles. The zero-order valence-electron chi connectivity index (χ0n) is 14.7. The van der Waals surface area contributed by atoms with Gasteiger partial charge >= 0.3 is 0 Å². The molecule has 28 heavy (non-hydrogen) atoms. The first-order valence-corrected chi connectivity index (χ1v) is 10.7. The highest BCUT2D eigenvalue weighted by Gasteiger charge is 2.24. The number of rotatable bonds is 3. The van der Waals surface area contributed by atoms with Gasteiger partial charge < -0.3 is 9.73 Å². The van der Waals surface area contributed by atoms with E-state index >= 15 is 0 Å². The van der Waals surface area contributed by atoms with Crippen LogP contribution in [0.5, 0.6) is 0 Å². The van der Waals surface area contributed by atoms with Gasteiger partial charge in [-0.05, 0) is 42.5 Å². The molecule has 5 rings (SSSR count). The minimum Gasteiger partial charge on any atom is -0.459 e. The summed E-state index contributed by atoms with van der Waals surface area (Å²) >= 11 is 6.38. The molecule has 0 fully saturated rings. The zero-order valence-corrected chi connectivity index (χ0v) is 16.3. The number of furan rings is 1. The van der Waals surface area contributed by atoms with E-state index in [1.54, 1.807) is 47.4 Å². The van der Waals surface area contributed by atoms with Gasteiger partial charge in [-0.25, -0.2) is 13.1 Å². The summed E-state index contributed by atoms with van der Waals surface area (Å²) in [6, 6.07) is 11.5. The molecule has 0 unspecified atom stereocenters. The Morgan fingerprint density at radius 2 is 1.96 bits per heavy atom. The van der Waals surface area contributed by atoms with Crippen molar-refractivity contribution in [2.45, 2.75) is 22.8 Å². The topological polar surface area (TPSA) is 77.1 Å². The van der Waals surface area contributed by atoms with Crippen LogP contribution >= 0.6 is 11.6 Å². The summed E-state index contributed by atoms with van der Waals surface area (Å²) in [5, 5.41) is 8.49. The Kier molecular flexibility index (Phi) is 4.04. The Morgan fingerprint density at radius 3 is 2.71 bits per heavy atom. The summed E-state index contributed by atoms with van der Waals surface area (Å²) in [4.78, 5) is 0.361. The van der Waals surface area contributed by atoms with E-state index in [1.807, 2.05) is 6.07 Å². The molecule has 142 valence electrons. The molecule has 2 aromatic heterocycles. The van der Waals surface area contributed by atoms with Gasteiger partial charge in [0.25, 0.3) is 0 Å². The summed E-state index contributed by atoms with van der Waals surface area (Å²) in [5.41, 5.74) is 2.31. The number of hydrogen-bond acceptors (Lipinski definition) is 5. The Balaban J connectivity index is 1.60. The maximum atomic E-state index is 13.2. The molecule has 3 heterocycles. The molecule has 0 spiro atoms. The fraction of sp³-hybridized carbons (Fsp3) is 0.150. The molecule has 1 aliphatic heterocycles. The van der Waals surface area contributed by atoms with Crippen LogP contribution in [-0.4, -0.2) is 24.7 Å². The summed E-state index contributed by atoms with van der Waals surface area (Å²) in [6.45, 7) is 1.47. The van der Waals surface area contributed by atoms with Gasteiger partial charge in [0, 0.05) is 42.9 Å². The van der Waals surface area contributed by atoms with E-state index in [1.165, 1.54) is 6.07 Å². The number of nitrogens with zero attached hydrogens (tertiary/aromatic N) is 2. The Morgan fingerprint density at radius 1 is 1.14 bits per heavy atom. The van der Waals surface area contributed by atoms with Gasteiger partial charge in [-0.2, -0.15) is 5.10 Å². The predicted molar refractivity (Wildman–Crippen MR) is 106 cm³/mol. The van der Waals surface area contributed by atoms with E-state index in [-0.39, 0.29) is 9.79 Å². The SMILES string of the molecule is O=S(=O)(c1ccc(-n2cccn2)cc1)c1cc(Cl)c2oc3c(c2c1)CNCC3. The van der Waals surface area contributed by atoms with Crippen molar-refractivity contribution in [3.63, 3.8) is 0 Å². The largest absolute Gasteiger partial charge is 0.459 e. The van der Waals surface area contributed by atoms with Gasteiger partial charge in [-0.15, -0.1) is 0 Å². The molecule has 6 nitrogen and oxygen atoms in total. The number of benzene rings is 2. The van der Waals surface area contributed by atoms with Crippen LogP contribution in [0.3, 0.4) is 0 Å². The number of aromatic nitrogens is 2. The average molecular weight is 414 g/mol. The van der Waals surface area contributed by atoms with Crippen molar-refractivity contribution in [1.82, 2.24) is 15.1 Å². The maximum absolute atomic E-state index is 13.2. The number of sulfone groups is 1. The van der Waals surface area contributed by atoms with Crippen molar-refractivity contribution >= 4 is 32.4 Å². The molecule has 1 aliphatic rings. The lowest BCUT2D eigenvalue weighted by Gasteiger charge is -2.11. The molecule has 4 aromatic rings. The standard InChI is InChI=1S/C20H16ClN3O3S/c21-18-11-15(10-16-17-12-22-8-6-19(17)27-20(16)18)28(25,26)14-4-2-13(3-5-14)24-9-1-7-23-24/h1-5,7,9-11,22H,6,8,12H2. The smallest absolute Gasteiger partial charge is 0.206 e. The normalized spacial score (nSPS) is 14.3. The molecular formula is C20H16ClN3O3S. The van der Waals surface area contributed by atoms with Crippen molar-refractivity contribution in [2.24, 2.45) is 0 Å². The van der Waals surface area contributed by atoms with E-state index in [0.29, 0.717) is 17.2 Å². The second-order valence-corrected chi connectivity index (χ2v) is 9.02. The fourth-order valence-corrected chi connectivity index (χ4v) is 5.17. The van der Waals surface area contributed by atoms with Crippen LogP contribution in [0, 0.1) is 0 Å². The summed E-state index contributed by atoms with van der Waals surface area (Å²) in [7, 11) is -3.72. The van der Waals surface area contributed by atoms with Crippen LogP contribution in [0.4, 0.5) is 0 Å². The number of nitrogens with one attached hydrogen (secondary N) is 1. The molecule has 8 heteroatoms. The third-order valence-electron chi connectivity index (χ3n) is 4.96. The van der Waals surface area contributed by atoms with Gasteiger partial charge in [0.2, 0.25) is 9.84 Å². The van der Waals surface area contributed by atoms with E-state index in [9.17, 15) is 8.42 Å². The zero-order chi connectivity index (χ0) is 19.3. The van der Waals surface area contributed by atoms with Crippen LogP contribution < -0.4 is 5.32 Å². The summed E-state index contributed by atoms with van der Waals surface area (Å²) in [5.74, 6) is 0.869. The van der Waals surface area contributed by atoms with Crippen LogP contribution in [0.25, 0.3) is 16.7 Å². The minimum absolute atomic E-state index is 0.158. The van der Waals surface area contributed by atoms with Crippen LogP contribution in [0.1, 0.15) is 11.3 Å². The lowest BCUT2D eigenvalue weighted by Crippen LogP contribution is -2.22. The van der Waals surface area contributed by atoms with Crippen LogP contribution in [0.15, 0.2) is 69.1 Å². The number of fused-ring (bicyclic) bond motifs is 3. The lowest BCUT2D eigenvalue weighted by molar-refractivity contribution is 0.500. The first kappa shape index (κ1) is 17.5. The number of halogens is 1. The van der Waals surface area contributed by atoms with Crippen molar-refractivity contribution < 1.29 is 12.8 Å². The first-order valence-electron chi connectivity index (χ1n) is 8.84. The van der Waals surface area contributed by atoms with E-state index in [0.717, 1.165) is 35.4 Å². The van der Waals surface area contributed by atoms with Gasteiger partial charge in [-0.1, -0.05) is 11.6 Å². The highest BCUT2D eigenvalue weighted by atomic mass is 35.5. The molecule has 0 radical (unpaired) electrons. The summed E-state index contributed by atoms with van der Waals surface area (Å²) in [6.07, 6.45) is 4.23. The third-order valence-corrected chi connectivity index (χ3v) is 6.99. The Hall–Kier alpha value is -2.61. The van der Waals surface area contributed by atoms with Crippen molar-refractivity contribution in [2.75, 3.05) is 6.54 Å². The molecule has 0 aliphatic carbocycles. The quantitative estimate of drug-likeness (QED) is 0.553. The van der Waals surface area contributed by atoms with Gasteiger partial charge in [0.1, 0.15) is 5.76 Å². The van der Waals surface area contributed by atoms with Crippen molar-refractivity contribution in [1.29, 1.82) is 0 Å². The predicted octanol–water partition coefficient (Wildman–Crippen LogP) is 3.75. The maximum Gasteiger partial charge on any atom is 0.206 e. The van der Waals surface area contributed by atoms with E-state index in [2.05, 4.69) is 10.4 Å². The minimum atomic E-state index is -3.72. The molecule has 0 saturated carbocycles. The van der Waals surface area contributed by atoms with Gasteiger partial charge in [-0.3, -0.25) is 0 Å². The average Bonchev–Trinajstić information content (AvgIpc) is 3.36. The Labute approximate surface area is 166 Å². The summed E-state index contributed by atoms with van der Waals surface area (Å²) < 4.78 is 33.9. The second-order valence-electron chi connectivity index (χ2n) is 6.66. The third kappa shape index (κ3) is 2.74. The molecular weight excluding hydrogens is 398 g/mol. The van der Waals surface area contributed by atoms with Gasteiger partial charge in [0.15, 0.2) is 5.58 Å². The van der Waals surface area contributed by atoms with Gasteiger partial charge in [0.05, 0.1) is 20.5 Å². The van der Waals surface area contributed by atoms with Crippen molar-refractivity contribution in [3.8, 4) is 5.69 Å². The molecule has 1 N–H and O–H groups in total. The second kappa shape index (κ2) is 6.48. The van der Waals surface area contributed by atoms with Crippen LogP contribution in [-0.2, 0) is 22.8 Å². The van der Waals surface area contributed by atoms with E-state index in [4.69, 9.17) is 16.0 Å². The Bertz CT molecular complexity index is 1280. The number of hydrogen-bond donors (Lipinski definition) is 1. The monoisotopic (exact) mass is 413 g/mol. The molecule has 0 bridgehead atoms. The highest BCUT2D eigenvalue weighted by molar-refractivity contribution is 7.91. The van der Waals surface area contributed by atoms with Crippen molar-refractivity contribution in [3.05, 3.63) is 71.2 Å². The lowest BCUT2D eigenvalue weighted by atomic mass is 10.1. The molecule has 0 amide bonds.